The van der Waals surface area contributed by atoms with E-state index in [0.717, 1.165) is 24.1 Å². The molecule has 0 atom stereocenters. The largest absolute Gasteiger partial charge is 0.497 e. The first kappa shape index (κ1) is 18.0. The van der Waals surface area contributed by atoms with Crippen LogP contribution in [0.3, 0.4) is 0 Å². The molecule has 3 aromatic rings. The summed E-state index contributed by atoms with van der Waals surface area (Å²) < 4.78 is 11.8. The Morgan fingerprint density at radius 1 is 1.25 bits per heavy atom. The molecule has 4 rings (SSSR count). The van der Waals surface area contributed by atoms with E-state index in [-0.39, 0.29) is 18.5 Å². The van der Waals surface area contributed by atoms with Crippen LogP contribution in [-0.2, 0) is 6.54 Å². The molecule has 1 heterocycles. The van der Waals surface area contributed by atoms with Crippen molar-refractivity contribution in [3.8, 4) is 11.4 Å². The molecule has 0 bridgehead atoms. The van der Waals surface area contributed by atoms with E-state index >= 15 is 0 Å². The Kier molecular flexibility index (Phi) is 4.73. The van der Waals surface area contributed by atoms with Crippen LogP contribution < -0.4 is 15.0 Å². The third-order valence-corrected chi connectivity index (χ3v) is 4.90. The Bertz CT molecular complexity index is 1050. The Morgan fingerprint density at radius 3 is 2.64 bits per heavy atom. The van der Waals surface area contributed by atoms with Crippen molar-refractivity contribution in [3.05, 3.63) is 75.8 Å². The lowest BCUT2D eigenvalue weighted by atomic mass is 10.1. The molecule has 144 valence electrons. The SMILES string of the molecule is COc1ccc(-[n+]2[nH]oc(=O)c2CN(C(=O)c2cccc(C)c2)C2CC2)cc1. The van der Waals surface area contributed by atoms with Gasteiger partial charge >= 0.3 is 11.3 Å². The summed E-state index contributed by atoms with van der Waals surface area (Å²) in [5, 5.41) is 2.63. The van der Waals surface area contributed by atoms with Gasteiger partial charge in [0.1, 0.15) is 12.3 Å². The molecule has 28 heavy (non-hydrogen) atoms. The molecule has 1 saturated carbocycles. The number of nitrogens with zero attached hydrogens (tertiary/aromatic N) is 2. The summed E-state index contributed by atoms with van der Waals surface area (Å²) >= 11 is 0. The number of nitrogens with one attached hydrogen (secondary N) is 1. The number of ether oxygens (including phenoxy) is 1. The lowest BCUT2D eigenvalue weighted by Crippen LogP contribution is -2.43. The number of benzene rings is 2. The quantitative estimate of drug-likeness (QED) is 0.666. The van der Waals surface area contributed by atoms with Crippen molar-refractivity contribution in [1.29, 1.82) is 0 Å². The fourth-order valence-corrected chi connectivity index (χ4v) is 3.23. The maximum absolute atomic E-state index is 13.1. The van der Waals surface area contributed by atoms with Gasteiger partial charge in [-0.05, 0) is 54.0 Å². The van der Waals surface area contributed by atoms with E-state index in [1.54, 1.807) is 28.8 Å². The van der Waals surface area contributed by atoms with Crippen molar-refractivity contribution in [2.24, 2.45) is 0 Å². The Labute approximate surface area is 162 Å². The van der Waals surface area contributed by atoms with Gasteiger partial charge in [0.2, 0.25) is 5.69 Å². The maximum atomic E-state index is 13.1. The molecule has 0 aliphatic heterocycles. The minimum Gasteiger partial charge on any atom is -0.497 e. The average Bonchev–Trinajstić information content (AvgIpc) is 3.49. The van der Waals surface area contributed by atoms with Crippen molar-refractivity contribution >= 4 is 5.91 Å². The molecule has 1 aliphatic carbocycles. The number of H-pyrrole nitrogens is 1. The zero-order chi connectivity index (χ0) is 19.7. The monoisotopic (exact) mass is 380 g/mol. The molecule has 0 spiro atoms. The van der Waals surface area contributed by atoms with Crippen molar-refractivity contribution in [1.82, 2.24) is 10.2 Å². The predicted octanol–water partition coefficient (Wildman–Crippen LogP) is 2.37. The highest BCUT2D eigenvalue weighted by Crippen LogP contribution is 2.29. The minimum atomic E-state index is -0.487. The Balaban J connectivity index is 1.66. The molecule has 1 fully saturated rings. The van der Waals surface area contributed by atoms with Gasteiger partial charge in [0.05, 0.1) is 7.11 Å². The minimum absolute atomic E-state index is 0.0759. The molecule has 7 nitrogen and oxygen atoms in total. The van der Waals surface area contributed by atoms with Crippen molar-refractivity contribution in [3.63, 3.8) is 0 Å². The molecule has 1 amide bonds. The van der Waals surface area contributed by atoms with Gasteiger partial charge in [-0.1, -0.05) is 17.7 Å². The average molecular weight is 380 g/mol. The number of carbonyl (C=O) groups excluding carboxylic acids is 1. The van der Waals surface area contributed by atoms with E-state index in [4.69, 9.17) is 9.26 Å². The Hall–Kier alpha value is -3.35. The zero-order valence-electron chi connectivity index (χ0n) is 15.8. The van der Waals surface area contributed by atoms with Crippen LogP contribution in [0.2, 0.25) is 0 Å². The van der Waals surface area contributed by atoms with Crippen molar-refractivity contribution in [2.75, 3.05) is 7.11 Å². The topological polar surface area (TPSA) is 79.4 Å². The molecule has 1 N–H and O–H groups in total. The number of aryl methyl sites for hydroxylation is 1. The number of methoxy groups -OCH3 is 1. The second kappa shape index (κ2) is 7.34. The fraction of sp³-hybridized carbons (Fsp3) is 0.286. The molecule has 2 aromatic carbocycles. The molecule has 7 heteroatoms. The number of rotatable bonds is 6. The highest BCUT2D eigenvalue weighted by molar-refractivity contribution is 5.94. The van der Waals surface area contributed by atoms with Gasteiger partial charge in [-0.3, -0.25) is 9.32 Å². The summed E-state index contributed by atoms with van der Waals surface area (Å²) in [4.78, 5) is 27.2. The van der Waals surface area contributed by atoms with Gasteiger partial charge in [0.15, 0.2) is 0 Å². The number of carbonyl (C=O) groups is 1. The van der Waals surface area contributed by atoms with Gasteiger partial charge in [-0.2, -0.15) is 0 Å². The molecule has 0 unspecified atom stereocenters. The van der Waals surface area contributed by atoms with Crippen LogP contribution in [0.25, 0.3) is 5.69 Å². The van der Waals surface area contributed by atoms with E-state index in [1.165, 1.54) is 0 Å². The summed E-state index contributed by atoms with van der Waals surface area (Å²) in [5.74, 6) is 0.638. The summed E-state index contributed by atoms with van der Waals surface area (Å²) in [5.41, 5.74) is 2.26. The highest BCUT2D eigenvalue weighted by Gasteiger charge is 2.37. The smallest absolute Gasteiger partial charge is 0.432 e. The number of amides is 1. The van der Waals surface area contributed by atoms with Gasteiger partial charge in [-0.25, -0.2) is 4.79 Å². The van der Waals surface area contributed by atoms with E-state index in [1.807, 2.05) is 43.3 Å². The lowest BCUT2D eigenvalue weighted by Gasteiger charge is -2.20. The van der Waals surface area contributed by atoms with Crippen LogP contribution >= 0.6 is 0 Å². The summed E-state index contributed by atoms with van der Waals surface area (Å²) in [7, 11) is 1.59. The first-order chi connectivity index (χ1) is 13.6. The van der Waals surface area contributed by atoms with E-state index in [9.17, 15) is 9.59 Å². The first-order valence-electron chi connectivity index (χ1n) is 9.21. The third-order valence-electron chi connectivity index (χ3n) is 4.90. The second-order valence-electron chi connectivity index (χ2n) is 6.99. The molecular weight excluding hydrogens is 358 g/mol. The molecular formula is C21H22N3O4+. The normalized spacial score (nSPS) is 13.4. The predicted molar refractivity (Wildman–Crippen MR) is 101 cm³/mol. The fourth-order valence-electron chi connectivity index (χ4n) is 3.23. The van der Waals surface area contributed by atoms with Crippen LogP contribution in [0.5, 0.6) is 5.75 Å². The van der Waals surface area contributed by atoms with Gasteiger partial charge in [-0.15, -0.1) is 0 Å². The summed E-state index contributed by atoms with van der Waals surface area (Å²) in [6.45, 7) is 2.13. The standard InChI is InChI=1S/C21H21N3O4/c1-14-4-3-5-15(12-14)20(25)23(16-6-7-16)13-19-21(26)28-22-24(19)17-8-10-18(27-2)11-9-17/h3-5,8-12,16H,6-7,13H2,1-2H3/p+1. The van der Waals surface area contributed by atoms with Crippen molar-refractivity contribution < 1.29 is 18.7 Å². The van der Waals surface area contributed by atoms with Crippen LogP contribution in [0.4, 0.5) is 0 Å². The van der Waals surface area contributed by atoms with Gasteiger partial charge in [0.25, 0.3) is 5.91 Å². The molecule has 0 radical (unpaired) electrons. The number of hydrogen-bond acceptors (Lipinski definition) is 4. The summed E-state index contributed by atoms with van der Waals surface area (Å²) in [6.07, 6.45) is 1.88. The zero-order valence-corrected chi connectivity index (χ0v) is 15.8. The van der Waals surface area contributed by atoms with E-state index in [2.05, 4.69) is 5.27 Å². The molecule has 1 aliphatic rings. The third kappa shape index (κ3) is 3.55. The van der Waals surface area contributed by atoms with Crippen LogP contribution in [0.15, 0.2) is 57.8 Å². The van der Waals surface area contributed by atoms with Gasteiger partial charge < -0.3 is 9.64 Å². The molecule has 0 saturated heterocycles. The van der Waals surface area contributed by atoms with Crippen LogP contribution in [0, 0.1) is 6.92 Å². The number of hydrogen-bond donors (Lipinski definition) is 1. The van der Waals surface area contributed by atoms with Crippen LogP contribution in [-0.4, -0.2) is 29.2 Å². The number of aromatic nitrogens is 2. The highest BCUT2D eigenvalue weighted by atomic mass is 16.5. The lowest BCUT2D eigenvalue weighted by molar-refractivity contribution is -0.678. The number of aromatic amines is 1. The summed E-state index contributed by atoms with van der Waals surface area (Å²) in [6, 6.07) is 14.9. The second-order valence-corrected chi connectivity index (χ2v) is 6.99. The van der Waals surface area contributed by atoms with E-state index in [0.29, 0.717) is 17.0 Å². The molecule has 1 aromatic heterocycles. The van der Waals surface area contributed by atoms with Gasteiger partial charge in [0, 0.05) is 23.7 Å². The van der Waals surface area contributed by atoms with Crippen LogP contribution in [0.1, 0.15) is 34.5 Å². The first-order valence-corrected chi connectivity index (χ1v) is 9.21. The Morgan fingerprint density at radius 2 is 2.00 bits per heavy atom. The van der Waals surface area contributed by atoms with E-state index < -0.39 is 5.63 Å². The van der Waals surface area contributed by atoms with Crippen molar-refractivity contribution in [2.45, 2.75) is 32.4 Å². The maximum Gasteiger partial charge on any atom is 0.432 e.